The summed E-state index contributed by atoms with van der Waals surface area (Å²) in [5.74, 6) is 3.08. The molecule has 1 aliphatic carbocycles. The summed E-state index contributed by atoms with van der Waals surface area (Å²) in [5.41, 5.74) is 0.428. The van der Waals surface area contributed by atoms with Crippen LogP contribution in [0.4, 0.5) is 0 Å². The van der Waals surface area contributed by atoms with Crippen LogP contribution in [0, 0.1) is 12.3 Å². The zero-order valence-electron chi connectivity index (χ0n) is 11.6. The van der Waals surface area contributed by atoms with E-state index in [1.807, 2.05) is 13.0 Å². The Balaban J connectivity index is 1.90. The van der Waals surface area contributed by atoms with Crippen LogP contribution in [0.15, 0.2) is 16.5 Å². The summed E-state index contributed by atoms with van der Waals surface area (Å²) in [5, 5.41) is 0. The minimum atomic E-state index is 0.428. The highest BCUT2D eigenvalue weighted by molar-refractivity contribution is 7.80. The van der Waals surface area contributed by atoms with Crippen LogP contribution in [0.1, 0.15) is 43.6 Å². The molecule has 0 atom stereocenters. The van der Waals surface area contributed by atoms with Gasteiger partial charge in [-0.15, -0.1) is 0 Å². The molecule has 0 bridgehead atoms. The van der Waals surface area contributed by atoms with Gasteiger partial charge in [-0.05, 0) is 50.1 Å². The summed E-state index contributed by atoms with van der Waals surface area (Å²) in [6.07, 6.45) is 6.80. The molecule has 0 unspecified atom stereocenters. The number of rotatable bonds is 5. The lowest BCUT2D eigenvalue weighted by atomic mass is 9.75. The Morgan fingerprint density at radius 3 is 2.56 bits per heavy atom. The van der Waals surface area contributed by atoms with E-state index in [0.717, 1.165) is 30.4 Å². The van der Waals surface area contributed by atoms with E-state index in [1.54, 1.807) is 0 Å². The molecule has 1 saturated carbocycles. The van der Waals surface area contributed by atoms with E-state index in [-0.39, 0.29) is 0 Å². The molecule has 1 aromatic heterocycles. The van der Waals surface area contributed by atoms with Gasteiger partial charge in [-0.25, -0.2) is 0 Å². The molecule has 0 saturated heterocycles. The second-order valence-corrected chi connectivity index (χ2v) is 6.22. The maximum Gasteiger partial charge on any atom is 0.118 e. The minimum Gasteiger partial charge on any atom is -0.465 e. The third-order valence-electron chi connectivity index (χ3n) is 4.08. The predicted octanol–water partition coefficient (Wildman–Crippen LogP) is 3.90. The maximum absolute atomic E-state index is 5.65. The molecular weight excluding hydrogens is 242 g/mol. The third-order valence-corrected chi connectivity index (χ3v) is 4.75. The van der Waals surface area contributed by atoms with E-state index in [4.69, 9.17) is 4.42 Å². The Bertz CT molecular complexity index is 368. The van der Waals surface area contributed by atoms with E-state index < -0.39 is 0 Å². The highest BCUT2D eigenvalue weighted by atomic mass is 32.1. The molecule has 1 aromatic rings. The predicted molar refractivity (Wildman–Crippen MR) is 79.2 cm³/mol. The Kier molecular flexibility index (Phi) is 4.79. The van der Waals surface area contributed by atoms with Gasteiger partial charge in [0.1, 0.15) is 11.5 Å². The molecule has 0 aliphatic heterocycles. The van der Waals surface area contributed by atoms with Crippen molar-refractivity contribution < 1.29 is 4.42 Å². The highest BCUT2D eigenvalue weighted by Crippen LogP contribution is 2.38. The van der Waals surface area contributed by atoms with Crippen LogP contribution in [0.5, 0.6) is 0 Å². The lowest BCUT2D eigenvalue weighted by molar-refractivity contribution is 0.135. The lowest BCUT2D eigenvalue weighted by Gasteiger charge is -2.39. The van der Waals surface area contributed by atoms with Crippen LogP contribution in [0.3, 0.4) is 0 Å². The molecule has 0 N–H and O–H groups in total. The van der Waals surface area contributed by atoms with Crippen LogP contribution < -0.4 is 0 Å². The smallest absolute Gasteiger partial charge is 0.118 e. The molecule has 3 heteroatoms. The summed E-state index contributed by atoms with van der Waals surface area (Å²) < 4.78 is 5.65. The Morgan fingerprint density at radius 2 is 2.00 bits per heavy atom. The fraction of sp³-hybridized carbons (Fsp3) is 0.733. The van der Waals surface area contributed by atoms with Gasteiger partial charge in [0, 0.05) is 6.54 Å². The van der Waals surface area contributed by atoms with E-state index in [2.05, 4.69) is 30.6 Å². The fourth-order valence-electron chi connectivity index (χ4n) is 3.13. The second kappa shape index (κ2) is 6.16. The van der Waals surface area contributed by atoms with Crippen LogP contribution in [0.25, 0.3) is 0 Å². The molecular formula is C15H25NOS. The first-order valence-corrected chi connectivity index (χ1v) is 7.62. The first kappa shape index (κ1) is 14.0. The van der Waals surface area contributed by atoms with Crippen molar-refractivity contribution in [3.63, 3.8) is 0 Å². The molecule has 2 rings (SSSR count). The molecule has 1 fully saturated rings. The van der Waals surface area contributed by atoms with Crippen LogP contribution >= 0.6 is 12.6 Å². The summed E-state index contributed by atoms with van der Waals surface area (Å²) in [6.45, 7) is 4.04. The first-order chi connectivity index (χ1) is 8.63. The van der Waals surface area contributed by atoms with Gasteiger partial charge in [0.05, 0.1) is 6.54 Å². The van der Waals surface area contributed by atoms with Crippen LogP contribution in [0.2, 0.25) is 0 Å². The van der Waals surface area contributed by atoms with Gasteiger partial charge in [-0.1, -0.05) is 19.3 Å². The van der Waals surface area contributed by atoms with Gasteiger partial charge in [0.15, 0.2) is 0 Å². The average molecular weight is 267 g/mol. The zero-order valence-corrected chi connectivity index (χ0v) is 12.5. The Labute approximate surface area is 116 Å². The summed E-state index contributed by atoms with van der Waals surface area (Å²) in [6, 6.07) is 4.12. The molecule has 0 aromatic carbocycles. The highest BCUT2D eigenvalue weighted by Gasteiger charge is 2.31. The van der Waals surface area contributed by atoms with Crippen molar-refractivity contribution in [2.75, 3.05) is 19.3 Å². The molecule has 0 spiro atoms. The van der Waals surface area contributed by atoms with Gasteiger partial charge >= 0.3 is 0 Å². The Hall–Kier alpha value is -0.410. The normalized spacial score (nSPS) is 19.3. The van der Waals surface area contributed by atoms with Crippen molar-refractivity contribution in [1.82, 2.24) is 4.90 Å². The lowest BCUT2D eigenvalue weighted by Crippen LogP contribution is -2.38. The molecule has 18 heavy (non-hydrogen) atoms. The molecule has 1 heterocycles. The number of hydrogen-bond donors (Lipinski definition) is 1. The second-order valence-electron chi connectivity index (χ2n) is 5.90. The van der Waals surface area contributed by atoms with E-state index >= 15 is 0 Å². The molecule has 102 valence electrons. The molecule has 0 radical (unpaired) electrons. The fourth-order valence-corrected chi connectivity index (χ4v) is 3.55. The number of aryl methyl sites for hydroxylation is 1. The number of furan rings is 1. The van der Waals surface area contributed by atoms with Crippen molar-refractivity contribution in [1.29, 1.82) is 0 Å². The SMILES string of the molecule is Cc1ccc(CN(C)CC2(CS)CCCCC2)o1. The van der Waals surface area contributed by atoms with Gasteiger partial charge in [-0.3, -0.25) is 4.90 Å². The van der Waals surface area contributed by atoms with Crippen molar-refractivity contribution in [2.24, 2.45) is 5.41 Å². The number of hydrogen-bond acceptors (Lipinski definition) is 3. The van der Waals surface area contributed by atoms with Crippen molar-refractivity contribution in [2.45, 2.75) is 45.6 Å². The van der Waals surface area contributed by atoms with Gasteiger partial charge in [0.25, 0.3) is 0 Å². The van der Waals surface area contributed by atoms with Gasteiger partial charge in [-0.2, -0.15) is 12.6 Å². The topological polar surface area (TPSA) is 16.4 Å². The van der Waals surface area contributed by atoms with Crippen molar-refractivity contribution in [3.05, 3.63) is 23.7 Å². The standard InChI is InChI=1S/C15H25NOS/c1-13-6-7-14(17-13)10-16(2)11-15(12-18)8-4-3-5-9-15/h6-7,18H,3-5,8-12H2,1-2H3. The quantitative estimate of drug-likeness (QED) is 0.815. The van der Waals surface area contributed by atoms with Crippen LogP contribution in [-0.4, -0.2) is 24.2 Å². The Morgan fingerprint density at radius 1 is 1.28 bits per heavy atom. The largest absolute Gasteiger partial charge is 0.465 e. The van der Waals surface area contributed by atoms with Crippen molar-refractivity contribution >= 4 is 12.6 Å². The van der Waals surface area contributed by atoms with Gasteiger partial charge in [0.2, 0.25) is 0 Å². The van der Waals surface area contributed by atoms with Crippen molar-refractivity contribution in [3.8, 4) is 0 Å². The summed E-state index contributed by atoms with van der Waals surface area (Å²) in [4.78, 5) is 2.39. The zero-order chi connectivity index (χ0) is 13.0. The molecule has 1 aliphatic rings. The molecule has 0 amide bonds. The summed E-state index contributed by atoms with van der Waals surface area (Å²) >= 11 is 4.60. The van der Waals surface area contributed by atoms with E-state index in [9.17, 15) is 0 Å². The first-order valence-electron chi connectivity index (χ1n) is 6.98. The number of thiol groups is 1. The number of nitrogens with zero attached hydrogens (tertiary/aromatic N) is 1. The summed E-state index contributed by atoms with van der Waals surface area (Å²) in [7, 11) is 2.19. The van der Waals surface area contributed by atoms with E-state index in [1.165, 1.54) is 32.1 Å². The maximum atomic E-state index is 5.65. The minimum absolute atomic E-state index is 0.428. The monoisotopic (exact) mass is 267 g/mol. The third kappa shape index (κ3) is 3.55. The average Bonchev–Trinajstić information content (AvgIpc) is 2.75. The van der Waals surface area contributed by atoms with Crippen LogP contribution in [-0.2, 0) is 6.54 Å². The van der Waals surface area contributed by atoms with Gasteiger partial charge < -0.3 is 4.42 Å². The van der Waals surface area contributed by atoms with E-state index in [0.29, 0.717) is 5.41 Å². The molecule has 2 nitrogen and oxygen atoms in total.